The van der Waals surface area contributed by atoms with Gasteiger partial charge in [0.05, 0.1) is 36.0 Å². The molecule has 0 saturated carbocycles. The maximum Gasteiger partial charge on any atom is 0.199 e. The van der Waals surface area contributed by atoms with Crippen molar-refractivity contribution >= 4 is 22.6 Å². The molecule has 0 amide bonds. The highest BCUT2D eigenvalue weighted by Gasteiger charge is 2.22. The molecule has 2 aromatic carbocycles. The van der Waals surface area contributed by atoms with Crippen molar-refractivity contribution < 1.29 is 23.4 Å². The van der Waals surface area contributed by atoms with E-state index in [0.29, 0.717) is 43.2 Å². The molecular formula is C19H15F2N3O3. The van der Waals surface area contributed by atoms with Gasteiger partial charge >= 0.3 is 0 Å². The number of hydrogen-bond donors (Lipinski definition) is 1. The van der Waals surface area contributed by atoms with Gasteiger partial charge < -0.3 is 14.7 Å². The van der Waals surface area contributed by atoms with Crippen LogP contribution in [0.4, 0.5) is 14.6 Å². The number of anilines is 1. The van der Waals surface area contributed by atoms with E-state index in [9.17, 15) is 18.7 Å². The Balaban J connectivity index is 1.74. The number of halogens is 2. The molecule has 0 spiro atoms. The molecule has 6 nitrogen and oxygen atoms in total. The Morgan fingerprint density at radius 3 is 2.67 bits per heavy atom. The number of carbonyl (C=O) groups excluding carboxylic acids is 1. The number of carbonyl (C=O) groups is 1. The van der Waals surface area contributed by atoms with E-state index in [1.54, 1.807) is 12.3 Å². The number of aromatic nitrogens is 2. The van der Waals surface area contributed by atoms with Crippen LogP contribution in [-0.2, 0) is 4.74 Å². The van der Waals surface area contributed by atoms with Crippen molar-refractivity contribution in [1.29, 1.82) is 0 Å². The van der Waals surface area contributed by atoms with Gasteiger partial charge in [-0.05, 0) is 30.3 Å². The Bertz CT molecular complexity index is 1040. The molecule has 0 bridgehead atoms. The summed E-state index contributed by atoms with van der Waals surface area (Å²) in [6, 6.07) is 6.15. The van der Waals surface area contributed by atoms with Crippen LogP contribution in [0.15, 0.2) is 36.5 Å². The fourth-order valence-electron chi connectivity index (χ4n) is 2.98. The number of fused-ring (bicyclic) bond motifs is 1. The second kappa shape index (κ2) is 6.88. The number of ether oxygens (including phenoxy) is 1. The standard InChI is InChI=1S/C19H15F2N3O3/c20-12-2-4-15(25)18(21)17(12)19(26)11-1-3-13-14(9-11)23-16(10-22-13)24-5-7-27-8-6-24/h1-4,9-10,25H,5-8H2. The average molecular weight is 371 g/mol. The topological polar surface area (TPSA) is 75.6 Å². The molecule has 1 aliphatic heterocycles. The molecule has 2 heterocycles. The summed E-state index contributed by atoms with van der Waals surface area (Å²) in [6.45, 7) is 2.54. The molecule has 8 heteroatoms. The van der Waals surface area contributed by atoms with E-state index in [2.05, 4.69) is 9.97 Å². The maximum absolute atomic E-state index is 14.1. The van der Waals surface area contributed by atoms with Crippen LogP contribution in [0.2, 0.25) is 0 Å². The van der Waals surface area contributed by atoms with Crippen LogP contribution >= 0.6 is 0 Å². The van der Waals surface area contributed by atoms with E-state index < -0.39 is 28.7 Å². The van der Waals surface area contributed by atoms with Crippen LogP contribution in [0.5, 0.6) is 5.75 Å². The van der Waals surface area contributed by atoms with Crippen molar-refractivity contribution in [3.63, 3.8) is 0 Å². The predicted octanol–water partition coefficient (Wildman–Crippen LogP) is 2.68. The summed E-state index contributed by atoms with van der Waals surface area (Å²) in [4.78, 5) is 23.5. The minimum atomic E-state index is -1.28. The smallest absolute Gasteiger partial charge is 0.199 e. The molecule has 1 saturated heterocycles. The van der Waals surface area contributed by atoms with Crippen molar-refractivity contribution in [2.45, 2.75) is 0 Å². The summed E-state index contributed by atoms with van der Waals surface area (Å²) in [7, 11) is 0. The lowest BCUT2D eigenvalue weighted by atomic mass is 10.0. The zero-order chi connectivity index (χ0) is 19.0. The lowest BCUT2D eigenvalue weighted by Crippen LogP contribution is -2.36. The minimum Gasteiger partial charge on any atom is -0.505 e. The van der Waals surface area contributed by atoms with Crippen molar-refractivity contribution in [3.8, 4) is 5.75 Å². The third kappa shape index (κ3) is 3.19. The first-order valence-corrected chi connectivity index (χ1v) is 8.36. The predicted molar refractivity (Wildman–Crippen MR) is 94.0 cm³/mol. The molecule has 1 aromatic heterocycles. The molecule has 4 rings (SSSR count). The quantitative estimate of drug-likeness (QED) is 0.714. The number of benzene rings is 2. The lowest BCUT2D eigenvalue weighted by molar-refractivity contribution is 0.103. The van der Waals surface area contributed by atoms with Gasteiger partial charge in [0, 0.05) is 18.7 Å². The Morgan fingerprint density at radius 2 is 1.89 bits per heavy atom. The largest absolute Gasteiger partial charge is 0.505 e. The molecular weight excluding hydrogens is 356 g/mol. The second-order valence-electron chi connectivity index (χ2n) is 6.12. The molecule has 1 fully saturated rings. The summed E-state index contributed by atoms with van der Waals surface area (Å²) in [6.07, 6.45) is 1.64. The zero-order valence-electron chi connectivity index (χ0n) is 14.2. The highest BCUT2D eigenvalue weighted by atomic mass is 19.1. The first-order chi connectivity index (χ1) is 13.0. The van der Waals surface area contributed by atoms with E-state index in [0.717, 1.165) is 12.1 Å². The Hall–Kier alpha value is -3.13. The fourth-order valence-corrected chi connectivity index (χ4v) is 2.98. The Labute approximate surface area is 153 Å². The van der Waals surface area contributed by atoms with Crippen LogP contribution in [0, 0.1) is 11.6 Å². The number of ketones is 1. The average Bonchev–Trinajstić information content (AvgIpc) is 2.71. The molecule has 1 N–H and O–H groups in total. The number of phenolic OH excluding ortho intramolecular Hbond substituents is 1. The fraction of sp³-hybridized carbons (Fsp3) is 0.211. The maximum atomic E-state index is 14.1. The van der Waals surface area contributed by atoms with Gasteiger partial charge in [-0.2, -0.15) is 0 Å². The van der Waals surface area contributed by atoms with Crippen molar-refractivity contribution in [1.82, 2.24) is 9.97 Å². The van der Waals surface area contributed by atoms with Gasteiger partial charge in [-0.3, -0.25) is 9.78 Å². The Kier molecular flexibility index (Phi) is 4.41. The number of nitrogens with zero attached hydrogens (tertiary/aromatic N) is 3. The third-order valence-corrected chi connectivity index (χ3v) is 4.42. The van der Waals surface area contributed by atoms with Crippen LogP contribution in [0.25, 0.3) is 11.0 Å². The van der Waals surface area contributed by atoms with Gasteiger partial charge in [0.15, 0.2) is 17.3 Å². The number of rotatable bonds is 3. The van der Waals surface area contributed by atoms with Gasteiger partial charge in [-0.15, -0.1) is 0 Å². The first kappa shape index (κ1) is 17.3. The van der Waals surface area contributed by atoms with E-state index >= 15 is 0 Å². The number of phenols is 1. The highest BCUT2D eigenvalue weighted by Crippen LogP contribution is 2.26. The van der Waals surface area contributed by atoms with E-state index in [4.69, 9.17) is 4.74 Å². The molecule has 0 aliphatic carbocycles. The highest BCUT2D eigenvalue weighted by molar-refractivity contribution is 6.10. The number of aromatic hydroxyl groups is 1. The molecule has 27 heavy (non-hydrogen) atoms. The van der Waals surface area contributed by atoms with E-state index in [1.165, 1.54) is 12.1 Å². The minimum absolute atomic E-state index is 0.0549. The third-order valence-electron chi connectivity index (χ3n) is 4.42. The summed E-state index contributed by atoms with van der Waals surface area (Å²) in [5.74, 6) is -3.33. The molecule has 138 valence electrons. The monoisotopic (exact) mass is 371 g/mol. The van der Waals surface area contributed by atoms with Gasteiger partial charge in [-0.25, -0.2) is 13.8 Å². The normalized spacial score (nSPS) is 14.5. The van der Waals surface area contributed by atoms with Crippen LogP contribution < -0.4 is 4.90 Å². The van der Waals surface area contributed by atoms with Crippen LogP contribution in [-0.4, -0.2) is 47.2 Å². The molecule has 0 unspecified atom stereocenters. The van der Waals surface area contributed by atoms with Crippen LogP contribution in [0.1, 0.15) is 15.9 Å². The van der Waals surface area contributed by atoms with Gasteiger partial charge in [0.2, 0.25) is 0 Å². The Morgan fingerprint density at radius 1 is 1.11 bits per heavy atom. The van der Waals surface area contributed by atoms with Crippen molar-refractivity contribution in [2.75, 3.05) is 31.2 Å². The molecule has 3 aromatic rings. The number of hydrogen-bond acceptors (Lipinski definition) is 6. The first-order valence-electron chi connectivity index (χ1n) is 8.36. The second-order valence-corrected chi connectivity index (χ2v) is 6.12. The van der Waals surface area contributed by atoms with Gasteiger partial charge in [0.1, 0.15) is 11.6 Å². The van der Waals surface area contributed by atoms with Gasteiger partial charge in [-0.1, -0.05) is 0 Å². The summed E-state index contributed by atoms with van der Waals surface area (Å²) in [5, 5.41) is 9.44. The zero-order valence-corrected chi connectivity index (χ0v) is 14.2. The molecule has 0 atom stereocenters. The summed E-state index contributed by atoms with van der Waals surface area (Å²) < 4.78 is 33.3. The SMILES string of the molecule is O=C(c1ccc2ncc(N3CCOCC3)nc2c1)c1c(F)ccc(O)c1F. The van der Waals surface area contributed by atoms with E-state index in [1.807, 2.05) is 4.90 Å². The molecule has 1 aliphatic rings. The van der Waals surface area contributed by atoms with Crippen LogP contribution in [0.3, 0.4) is 0 Å². The lowest BCUT2D eigenvalue weighted by Gasteiger charge is -2.27. The van der Waals surface area contributed by atoms with Crippen molar-refractivity contribution in [3.05, 3.63) is 59.3 Å². The molecule has 0 radical (unpaired) electrons. The van der Waals surface area contributed by atoms with Gasteiger partial charge in [0.25, 0.3) is 0 Å². The summed E-state index contributed by atoms with van der Waals surface area (Å²) in [5.41, 5.74) is 0.247. The number of morpholine rings is 1. The summed E-state index contributed by atoms with van der Waals surface area (Å²) >= 11 is 0. The van der Waals surface area contributed by atoms with E-state index in [-0.39, 0.29) is 5.56 Å². The van der Waals surface area contributed by atoms with Crippen molar-refractivity contribution in [2.24, 2.45) is 0 Å².